The number of rotatable bonds is 3. The smallest absolute Gasteiger partial charge is 0.152 e. The molecule has 1 spiro atoms. The summed E-state index contributed by atoms with van der Waals surface area (Å²) in [5.74, 6) is 0.416. The minimum absolute atomic E-state index is 0.0338. The number of hydrogen-bond acceptors (Lipinski definition) is 3. The van der Waals surface area contributed by atoms with E-state index < -0.39 is 0 Å². The van der Waals surface area contributed by atoms with Crippen molar-refractivity contribution in [2.45, 2.75) is 63.5 Å². The molecule has 1 aliphatic carbocycles. The van der Waals surface area contributed by atoms with E-state index in [4.69, 9.17) is 10.5 Å². The van der Waals surface area contributed by atoms with Crippen LogP contribution in [0.15, 0.2) is 0 Å². The third kappa shape index (κ3) is 2.30. The van der Waals surface area contributed by atoms with Gasteiger partial charge in [-0.3, -0.25) is 4.79 Å². The lowest BCUT2D eigenvalue weighted by Crippen LogP contribution is -2.44. The van der Waals surface area contributed by atoms with Gasteiger partial charge in [0.2, 0.25) is 0 Å². The van der Waals surface area contributed by atoms with Gasteiger partial charge in [-0.05, 0) is 32.1 Å². The molecule has 2 rings (SSSR count). The number of ketones is 1. The first-order chi connectivity index (χ1) is 7.67. The van der Waals surface area contributed by atoms with Crippen molar-refractivity contribution >= 4 is 5.78 Å². The van der Waals surface area contributed by atoms with Gasteiger partial charge in [-0.25, -0.2) is 0 Å². The van der Waals surface area contributed by atoms with E-state index in [0.717, 1.165) is 38.7 Å². The Morgan fingerprint density at radius 3 is 2.81 bits per heavy atom. The molecule has 2 atom stereocenters. The lowest BCUT2D eigenvalue weighted by Gasteiger charge is -2.38. The molecule has 92 valence electrons. The molecule has 0 amide bonds. The van der Waals surface area contributed by atoms with Gasteiger partial charge < -0.3 is 10.5 Å². The molecule has 2 N–H and O–H groups in total. The zero-order chi connectivity index (χ0) is 11.6. The van der Waals surface area contributed by atoms with Gasteiger partial charge in [-0.15, -0.1) is 0 Å². The molecule has 1 saturated carbocycles. The number of carbonyl (C=O) groups is 1. The first-order valence-corrected chi connectivity index (χ1v) is 6.60. The highest BCUT2D eigenvalue weighted by Crippen LogP contribution is 2.42. The third-order valence-electron chi connectivity index (χ3n) is 4.22. The molecule has 2 aliphatic rings. The van der Waals surface area contributed by atoms with E-state index in [-0.39, 0.29) is 23.3 Å². The summed E-state index contributed by atoms with van der Waals surface area (Å²) in [5, 5.41) is 0. The number of ether oxygens (including phenoxy) is 1. The topological polar surface area (TPSA) is 52.3 Å². The molecular weight excluding hydrogens is 202 g/mol. The zero-order valence-corrected chi connectivity index (χ0v) is 10.2. The van der Waals surface area contributed by atoms with Crippen LogP contribution in [0.4, 0.5) is 0 Å². The molecular formula is C13H23NO2. The summed E-state index contributed by atoms with van der Waals surface area (Å²) in [4.78, 5) is 12.1. The monoisotopic (exact) mass is 225 g/mol. The molecule has 0 aromatic rings. The van der Waals surface area contributed by atoms with Crippen LogP contribution in [-0.4, -0.2) is 24.0 Å². The summed E-state index contributed by atoms with van der Waals surface area (Å²) in [5.41, 5.74) is 5.88. The maximum atomic E-state index is 12.1. The molecule has 0 bridgehead atoms. The van der Waals surface area contributed by atoms with E-state index in [0.29, 0.717) is 0 Å². The molecule has 3 heteroatoms. The Kier molecular flexibility index (Phi) is 3.65. The Bertz CT molecular complexity index is 259. The van der Waals surface area contributed by atoms with Gasteiger partial charge in [0.15, 0.2) is 5.78 Å². The van der Waals surface area contributed by atoms with Crippen molar-refractivity contribution in [3.05, 3.63) is 0 Å². The molecule has 1 saturated heterocycles. The Balaban J connectivity index is 1.98. The van der Waals surface area contributed by atoms with Crippen LogP contribution in [0.5, 0.6) is 0 Å². The number of carbonyl (C=O) groups excluding carboxylic acids is 1. The van der Waals surface area contributed by atoms with Gasteiger partial charge in [0.05, 0.1) is 11.6 Å². The first kappa shape index (κ1) is 12.1. The first-order valence-electron chi connectivity index (χ1n) is 6.60. The van der Waals surface area contributed by atoms with Crippen molar-refractivity contribution in [3.8, 4) is 0 Å². The molecule has 3 nitrogen and oxygen atoms in total. The largest absolute Gasteiger partial charge is 0.375 e. The zero-order valence-electron chi connectivity index (χ0n) is 10.2. The van der Waals surface area contributed by atoms with E-state index in [1.807, 2.05) is 6.92 Å². The normalized spacial score (nSPS) is 30.5. The maximum Gasteiger partial charge on any atom is 0.152 e. The van der Waals surface area contributed by atoms with Crippen LogP contribution in [0.25, 0.3) is 0 Å². The summed E-state index contributed by atoms with van der Waals surface area (Å²) in [6.45, 7) is 2.72. The number of nitrogens with two attached hydrogens (primary N) is 1. The predicted molar refractivity (Wildman–Crippen MR) is 63.1 cm³/mol. The summed E-state index contributed by atoms with van der Waals surface area (Å²) < 4.78 is 5.93. The van der Waals surface area contributed by atoms with Crippen LogP contribution >= 0.6 is 0 Å². The maximum absolute atomic E-state index is 12.1. The van der Waals surface area contributed by atoms with Crippen LogP contribution in [0.2, 0.25) is 0 Å². The fraction of sp³-hybridized carbons (Fsp3) is 0.923. The highest BCUT2D eigenvalue weighted by Gasteiger charge is 2.42. The Hall–Kier alpha value is -0.410. The van der Waals surface area contributed by atoms with Crippen molar-refractivity contribution in [2.24, 2.45) is 11.7 Å². The summed E-state index contributed by atoms with van der Waals surface area (Å²) in [6.07, 6.45) is 7.31. The summed E-state index contributed by atoms with van der Waals surface area (Å²) in [7, 11) is 0. The molecule has 1 aliphatic heterocycles. The van der Waals surface area contributed by atoms with Gasteiger partial charge in [-0.1, -0.05) is 19.8 Å². The van der Waals surface area contributed by atoms with Crippen LogP contribution in [0.1, 0.15) is 51.9 Å². The van der Waals surface area contributed by atoms with E-state index >= 15 is 0 Å². The average molecular weight is 225 g/mol. The minimum atomic E-state index is -0.262. The Labute approximate surface area is 97.7 Å². The van der Waals surface area contributed by atoms with Crippen LogP contribution < -0.4 is 5.73 Å². The standard InChI is InChI=1S/C13H23NO2/c1-2-11(14)12(15)10-5-8-16-13(9-10)6-3-4-7-13/h10-11H,2-9,14H2,1H3. The molecule has 2 unspecified atom stereocenters. The molecule has 16 heavy (non-hydrogen) atoms. The molecule has 0 radical (unpaired) electrons. The molecule has 0 aromatic heterocycles. The van der Waals surface area contributed by atoms with Crippen LogP contribution in [-0.2, 0) is 9.53 Å². The van der Waals surface area contributed by atoms with E-state index in [1.54, 1.807) is 0 Å². The van der Waals surface area contributed by atoms with Crippen LogP contribution in [0.3, 0.4) is 0 Å². The predicted octanol–water partition coefficient (Wildman–Crippen LogP) is 2.03. The molecule has 0 aromatic carbocycles. The average Bonchev–Trinajstić information content (AvgIpc) is 2.75. The summed E-state index contributed by atoms with van der Waals surface area (Å²) >= 11 is 0. The van der Waals surface area contributed by atoms with Gasteiger partial charge in [0.25, 0.3) is 0 Å². The highest BCUT2D eigenvalue weighted by molar-refractivity contribution is 5.86. The Morgan fingerprint density at radius 1 is 1.50 bits per heavy atom. The molecule has 1 heterocycles. The summed E-state index contributed by atoms with van der Waals surface area (Å²) in [6, 6.07) is -0.262. The van der Waals surface area contributed by atoms with E-state index in [9.17, 15) is 4.79 Å². The lowest BCUT2D eigenvalue weighted by atomic mass is 9.80. The highest BCUT2D eigenvalue weighted by atomic mass is 16.5. The molecule has 2 fully saturated rings. The Morgan fingerprint density at radius 2 is 2.19 bits per heavy atom. The van der Waals surface area contributed by atoms with Gasteiger partial charge in [0.1, 0.15) is 0 Å². The van der Waals surface area contributed by atoms with E-state index in [2.05, 4.69) is 0 Å². The van der Waals surface area contributed by atoms with Gasteiger partial charge in [0, 0.05) is 12.5 Å². The second-order valence-electron chi connectivity index (χ2n) is 5.35. The van der Waals surface area contributed by atoms with Gasteiger partial charge >= 0.3 is 0 Å². The van der Waals surface area contributed by atoms with E-state index in [1.165, 1.54) is 12.8 Å². The fourth-order valence-corrected chi connectivity index (χ4v) is 3.14. The SMILES string of the molecule is CCC(N)C(=O)C1CCOC2(CCCC2)C1. The van der Waals surface area contributed by atoms with Crippen molar-refractivity contribution in [2.75, 3.05) is 6.61 Å². The number of Topliss-reactive ketones (excluding diaryl/α,β-unsaturated/α-hetero) is 1. The van der Waals surface area contributed by atoms with Crippen molar-refractivity contribution < 1.29 is 9.53 Å². The van der Waals surface area contributed by atoms with Crippen molar-refractivity contribution in [1.82, 2.24) is 0 Å². The fourth-order valence-electron chi connectivity index (χ4n) is 3.14. The second kappa shape index (κ2) is 4.84. The number of hydrogen-bond donors (Lipinski definition) is 1. The van der Waals surface area contributed by atoms with Gasteiger partial charge in [-0.2, -0.15) is 0 Å². The van der Waals surface area contributed by atoms with Crippen molar-refractivity contribution in [3.63, 3.8) is 0 Å². The van der Waals surface area contributed by atoms with Crippen molar-refractivity contribution in [1.29, 1.82) is 0 Å². The minimum Gasteiger partial charge on any atom is -0.375 e. The quantitative estimate of drug-likeness (QED) is 0.799. The third-order valence-corrected chi connectivity index (χ3v) is 4.22. The van der Waals surface area contributed by atoms with Crippen LogP contribution in [0, 0.1) is 5.92 Å². The lowest BCUT2D eigenvalue weighted by molar-refractivity contribution is -0.137. The second-order valence-corrected chi connectivity index (χ2v) is 5.35.